The van der Waals surface area contributed by atoms with Gasteiger partial charge in [0.15, 0.2) is 5.11 Å². The maximum atomic E-state index is 13.1. The van der Waals surface area contributed by atoms with E-state index in [9.17, 15) is 4.79 Å². The summed E-state index contributed by atoms with van der Waals surface area (Å²) in [5, 5.41) is 10.2. The molecule has 1 atom stereocenters. The van der Waals surface area contributed by atoms with Crippen molar-refractivity contribution in [3.8, 4) is 5.75 Å². The molecule has 0 aliphatic carbocycles. The molecule has 1 heterocycles. The minimum Gasteiger partial charge on any atom is -0.497 e. The van der Waals surface area contributed by atoms with Gasteiger partial charge in [0.25, 0.3) is 5.91 Å². The third-order valence-corrected chi connectivity index (χ3v) is 4.87. The first-order chi connectivity index (χ1) is 12.9. The van der Waals surface area contributed by atoms with Gasteiger partial charge < -0.3 is 20.7 Å². The number of hydrogen-bond donors (Lipinski definition) is 3. The molecule has 140 valence electrons. The Hall–Kier alpha value is -2.57. The Morgan fingerprint density at radius 1 is 1.19 bits per heavy atom. The summed E-state index contributed by atoms with van der Waals surface area (Å²) in [5.74, 6) is 0.526. The van der Waals surface area contributed by atoms with E-state index in [0.717, 1.165) is 16.9 Å². The molecule has 3 N–H and O–H groups in total. The molecule has 27 heavy (non-hydrogen) atoms. The lowest BCUT2D eigenvalue weighted by molar-refractivity contribution is -0.113. The molecule has 1 aliphatic heterocycles. The van der Waals surface area contributed by atoms with E-state index in [1.54, 1.807) is 19.2 Å². The number of ether oxygens (including phenoxy) is 1. The fourth-order valence-electron chi connectivity index (χ4n) is 2.96. The molecule has 0 unspecified atom stereocenters. The van der Waals surface area contributed by atoms with Crippen molar-refractivity contribution in [3.63, 3.8) is 0 Å². The highest BCUT2D eigenvalue weighted by molar-refractivity contribution is 7.80. The third kappa shape index (κ3) is 4.23. The van der Waals surface area contributed by atoms with E-state index in [-0.39, 0.29) is 11.9 Å². The first-order valence-corrected chi connectivity index (χ1v) is 9.17. The van der Waals surface area contributed by atoms with Crippen LogP contribution in [0.3, 0.4) is 0 Å². The lowest BCUT2D eigenvalue weighted by Gasteiger charge is -2.30. The zero-order chi connectivity index (χ0) is 19.6. The fourth-order valence-corrected chi connectivity index (χ4v) is 3.40. The average molecular weight is 402 g/mol. The molecule has 7 heteroatoms. The Kier molecular flexibility index (Phi) is 5.68. The molecule has 3 rings (SSSR count). The minimum absolute atomic E-state index is 0.221. The lowest BCUT2D eigenvalue weighted by atomic mass is 9.94. The van der Waals surface area contributed by atoms with Crippen LogP contribution < -0.4 is 20.7 Å². The summed E-state index contributed by atoms with van der Waals surface area (Å²) in [7, 11) is 1.61. The molecule has 2 aromatic rings. The van der Waals surface area contributed by atoms with Crippen molar-refractivity contribution in [1.82, 2.24) is 10.6 Å². The van der Waals surface area contributed by atoms with Crippen LogP contribution in [0.1, 0.15) is 24.1 Å². The number of amides is 1. The van der Waals surface area contributed by atoms with Gasteiger partial charge in [-0.3, -0.25) is 4.79 Å². The Bertz CT molecular complexity index is 925. The summed E-state index contributed by atoms with van der Waals surface area (Å²) in [4.78, 5) is 13.1. The number of nitrogens with one attached hydrogen (secondary N) is 3. The molecule has 1 amide bonds. The summed E-state index contributed by atoms with van der Waals surface area (Å²) < 4.78 is 5.21. The molecular formula is C20H20ClN3O2S. The number of aryl methyl sites for hydroxylation is 1. The van der Waals surface area contributed by atoms with Crippen LogP contribution >= 0.6 is 23.8 Å². The van der Waals surface area contributed by atoms with E-state index in [1.807, 2.05) is 44.2 Å². The highest BCUT2D eigenvalue weighted by Crippen LogP contribution is 2.30. The average Bonchev–Trinajstić information content (AvgIpc) is 2.64. The van der Waals surface area contributed by atoms with Crippen molar-refractivity contribution >= 4 is 40.5 Å². The normalized spacial score (nSPS) is 16.4. The van der Waals surface area contributed by atoms with Gasteiger partial charge in [-0.15, -0.1) is 0 Å². The van der Waals surface area contributed by atoms with Crippen molar-refractivity contribution in [3.05, 3.63) is 69.9 Å². The zero-order valence-electron chi connectivity index (χ0n) is 15.2. The Morgan fingerprint density at radius 2 is 1.89 bits per heavy atom. The second kappa shape index (κ2) is 7.98. The molecule has 0 fully saturated rings. The van der Waals surface area contributed by atoms with E-state index >= 15 is 0 Å². The topological polar surface area (TPSA) is 62.4 Å². The first kappa shape index (κ1) is 19.2. The molecule has 0 radical (unpaired) electrons. The van der Waals surface area contributed by atoms with Crippen molar-refractivity contribution in [2.24, 2.45) is 0 Å². The molecule has 0 aromatic heterocycles. The van der Waals surface area contributed by atoms with Crippen molar-refractivity contribution < 1.29 is 9.53 Å². The van der Waals surface area contributed by atoms with Gasteiger partial charge in [-0.2, -0.15) is 0 Å². The molecule has 0 saturated heterocycles. The van der Waals surface area contributed by atoms with Crippen molar-refractivity contribution in [2.45, 2.75) is 19.9 Å². The summed E-state index contributed by atoms with van der Waals surface area (Å²) in [6, 6.07) is 12.6. The number of carbonyl (C=O) groups is 1. The van der Waals surface area contributed by atoms with Gasteiger partial charge in [0, 0.05) is 16.4 Å². The SMILES string of the molecule is COc1ccc([C@H]2NC(=S)NC(C)=C2C(=O)Nc2cc(Cl)ccc2C)cc1. The van der Waals surface area contributed by atoms with Crippen LogP contribution in [-0.4, -0.2) is 18.1 Å². The van der Waals surface area contributed by atoms with E-state index in [1.165, 1.54) is 0 Å². The predicted octanol–water partition coefficient (Wildman–Crippen LogP) is 4.09. The zero-order valence-corrected chi connectivity index (χ0v) is 16.8. The van der Waals surface area contributed by atoms with E-state index in [4.69, 9.17) is 28.6 Å². The van der Waals surface area contributed by atoms with Crippen LogP contribution in [0.4, 0.5) is 5.69 Å². The minimum atomic E-state index is -0.371. The third-order valence-electron chi connectivity index (χ3n) is 4.41. The lowest BCUT2D eigenvalue weighted by Crippen LogP contribution is -2.45. The molecule has 2 aromatic carbocycles. The van der Waals surface area contributed by atoms with E-state index < -0.39 is 0 Å². The monoisotopic (exact) mass is 401 g/mol. The fraction of sp³-hybridized carbons (Fsp3) is 0.200. The van der Waals surface area contributed by atoms with Gasteiger partial charge in [-0.25, -0.2) is 0 Å². The van der Waals surface area contributed by atoms with Gasteiger partial charge in [0.1, 0.15) is 5.75 Å². The van der Waals surface area contributed by atoms with Gasteiger partial charge in [0.2, 0.25) is 0 Å². The number of benzene rings is 2. The maximum absolute atomic E-state index is 13.1. The van der Waals surface area contributed by atoms with E-state index in [2.05, 4.69) is 16.0 Å². The van der Waals surface area contributed by atoms with Crippen LogP contribution in [0.5, 0.6) is 5.75 Å². The smallest absolute Gasteiger partial charge is 0.255 e. The summed E-state index contributed by atoms with van der Waals surface area (Å²) in [5.41, 5.74) is 3.78. The number of rotatable bonds is 4. The van der Waals surface area contributed by atoms with Crippen molar-refractivity contribution in [2.75, 3.05) is 12.4 Å². The summed E-state index contributed by atoms with van der Waals surface area (Å²) >= 11 is 11.4. The number of hydrogen-bond acceptors (Lipinski definition) is 3. The molecule has 0 saturated carbocycles. The van der Waals surface area contributed by atoms with Crippen LogP contribution in [0.15, 0.2) is 53.7 Å². The number of thiocarbonyl (C=S) groups is 1. The van der Waals surface area contributed by atoms with Crippen LogP contribution in [0.2, 0.25) is 5.02 Å². The second-order valence-electron chi connectivity index (χ2n) is 6.26. The highest BCUT2D eigenvalue weighted by Gasteiger charge is 2.30. The second-order valence-corrected chi connectivity index (χ2v) is 7.10. The van der Waals surface area contributed by atoms with Crippen LogP contribution in [0.25, 0.3) is 0 Å². The van der Waals surface area contributed by atoms with Gasteiger partial charge in [0.05, 0.1) is 18.7 Å². The molecule has 0 bridgehead atoms. The van der Waals surface area contributed by atoms with Crippen molar-refractivity contribution in [1.29, 1.82) is 0 Å². The van der Waals surface area contributed by atoms with Crippen LogP contribution in [0, 0.1) is 6.92 Å². The number of anilines is 1. The van der Waals surface area contributed by atoms with Gasteiger partial charge >= 0.3 is 0 Å². The van der Waals surface area contributed by atoms with E-state index in [0.29, 0.717) is 27.1 Å². The highest BCUT2D eigenvalue weighted by atomic mass is 35.5. The number of allylic oxidation sites excluding steroid dienone is 1. The Balaban J connectivity index is 1.95. The number of carbonyl (C=O) groups excluding carboxylic acids is 1. The largest absolute Gasteiger partial charge is 0.497 e. The Morgan fingerprint density at radius 3 is 2.56 bits per heavy atom. The molecule has 1 aliphatic rings. The maximum Gasteiger partial charge on any atom is 0.255 e. The Labute approximate surface area is 168 Å². The first-order valence-electron chi connectivity index (χ1n) is 8.39. The molecule has 0 spiro atoms. The van der Waals surface area contributed by atoms with Crippen LogP contribution in [-0.2, 0) is 4.79 Å². The van der Waals surface area contributed by atoms with Gasteiger partial charge in [-0.1, -0.05) is 29.8 Å². The standard InChI is InChI=1S/C20H20ClN3O2S/c1-11-4-7-14(21)10-16(11)23-19(25)17-12(2)22-20(27)24-18(17)13-5-8-15(26-3)9-6-13/h4-10,18H,1-3H3,(H,23,25)(H2,22,24,27)/t18-/m1/s1. The summed E-state index contributed by atoms with van der Waals surface area (Å²) in [6.07, 6.45) is 0. The number of halogens is 1. The molecule has 5 nitrogen and oxygen atoms in total. The predicted molar refractivity (Wildman–Crippen MR) is 112 cm³/mol. The molecular weight excluding hydrogens is 382 g/mol. The summed E-state index contributed by atoms with van der Waals surface area (Å²) in [6.45, 7) is 3.75. The van der Waals surface area contributed by atoms with Gasteiger partial charge in [-0.05, 0) is 61.5 Å². The quantitative estimate of drug-likeness (QED) is 0.673. The number of methoxy groups -OCH3 is 1.